The van der Waals surface area contributed by atoms with Crippen LogP contribution in [0.15, 0.2) is 53.4 Å². The van der Waals surface area contributed by atoms with Crippen LogP contribution in [0.25, 0.3) is 0 Å². The molecule has 0 saturated carbocycles. The maximum atomic E-state index is 12.3. The van der Waals surface area contributed by atoms with Crippen LogP contribution in [0.2, 0.25) is 0 Å². The Balaban J connectivity index is 1.52. The average Bonchev–Trinajstić information content (AvgIpc) is 2.73. The van der Waals surface area contributed by atoms with Crippen molar-refractivity contribution in [2.45, 2.75) is 24.3 Å². The summed E-state index contributed by atoms with van der Waals surface area (Å²) in [6.45, 7) is 1.71. The maximum Gasteiger partial charge on any atom is 0.308 e. The van der Waals surface area contributed by atoms with Crippen molar-refractivity contribution in [3.05, 3.63) is 48.5 Å². The van der Waals surface area contributed by atoms with Gasteiger partial charge in [0.15, 0.2) is 6.10 Å². The van der Waals surface area contributed by atoms with Gasteiger partial charge in [-0.3, -0.25) is 14.4 Å². The number of methoxy groups -OCH3 is 1. The van der Waals surface area contributed by atoms with Crippen molar-refractivity contribution < 1.29 is 23.9 Å². The predicted molar refractivity (Wildman–Crippen MR) is 111 cm³/mol. The second-order valence-corrected chi connectivity index (χ2v) is 7.42. The molecular formula is C21H22N2O5S. The highest BCUT2D eigenvalue weighted by Crippen LogP contribution is 2.34. The third-order valence-electron chi connectivity index (χ3n) is 4.36. The van der Waals surface area contributed by atoms with Crippen LogP contribution in [-0.4, -0.2) is 43.3 Å². The quantitative estimate of drug-likeness (QED) is 0.701. The van der Waals surface area contributed by atoms with Crippen LogP contribution < -0.4 is 15.0 Å². The van der Waals surface area contributed by atoms with Gasteiger partial charge in [0.25, 0.3) is 5.91 Å². The minimum Gasteiger partial charge on any atom is -0.497 e. The van der Waals surface area contributed by atoms with Crippen molar-refractivity contribution >= 4 is 40.9 Å². The van der Waals surface area contributed by atoms with Crippen molar-refractivity contribution in [2.75, 3.05) is 29.6 Å². The molecule has 0 spiro atoms. The van der Waals surface area contributed by atoms with Gasteiger partial charge in [-0.15, -0.1) is 11.8 Å². The Morgan fingerprint density at radius 2 is 2.00 bits per heavy atom. The van der Waals surface area contributed by atoms with E-state index in [0.29, 0.717) is 17.2 Å². The van der Waals surface area contributed by atoms with Gasteiger partial charge in [-0.25, -0.2) is 0 Å². The highest BCUT2D eigenvalue weighted by Gasteiger charge is 2.25. The molecule has 8 heteroatoms. The molecule has 0 bridgehead atoms. The van der Waals surface area contributed by atoms with Crippen LogP contribution >= 0.6 is 11.8 Å². The second-order valence-electron chi connectivity index (χ2n) is 6.41. The Bertz CT molecular complexity index is 917. The molecule has 7 nitrogen and oxygen atoms in total. The Morgan fingerprint density at radius 3 is 2.79 bits per heavy atom. The van der Waals surface area contributed by atoms with Crippen molar-refractivity contribution in [3.8, 4) is 5.75 Å². The minimum atomic E-state index is -0.964. The Hall–Kier alpha value is -3.00. The lowest BCUT2D eigenvalue weighted by molar-refractivity contribution is -0.152. The third-order valence-corrected chi connectivity index (χ3v) is 5.41. The van der Waals surface area contributed by atoms with E-state index in [0.717, 1.165) is 10.6 Å². The summed E-state index contributed by atoms with van der Waals surface area (Å²) in [6.07, 6.45) is -0.963. The van der Waals surface area contributed by atoms with Crippen LogP contribution in [0.1, 0.15) is 13.3 Å². The fraction of sp³-hybridized carbons (Fsp3) is 0.286. The van der Waals surface area contributed by atoms with Gasteiger partial charge in [-0.05, 0) is 31.2 Å². The van der Waals surface area contributed by atoms with E-state index >= 15 is 0 Å². The number of carbonyl (C=O) groups is 3. The first-order valence-electron chi connectivity index (χ1n) is 9.14. The molecule has 1 atom stereocenters. The molecule has 2 aromatic carbocycles. The molecule has 0 radical (unpaired) electrons. The van der Waals surface area contributed by atoms with Gasteiger partial charge in [0, 0.05) is 23.2 Å². The third kappa shape index (κ3) is 5.29. The number of esters is 1. The van der Waals surface area contributed by atoms with E-state index in [9.17, 15) is 14.4 Å². The molecule has 0 aromatic heterocycles. The number of hydrogen-bond acceptors (Lipinski definition) is 6. The Morgan fingerprint density at radius 1 is 1.21 bits per heavy atom. The van der Waals surface area contributed by atoms with E-state index in [2.05, 4.69) is 5.32 Å². The molecule has 0 saturated heterocycles. The molecule has 29 heavy (non-hydrogen) atoms. The highest BCUT2D eigenvalue weighted by atomic mass is 32.2. The van der Waals surface area contributed by atoms with E-state index in [1.165, 1.54) is 25.8 Å². The van der Waals surface area contributed by atoms with Gasteiger partial charge < -0.3 is 19.7 Å². The van der Waals surface area contributed by atoms with Crippen molar-refractivity contribution in [2.24, 2.45) is 0 Å². The van der Waals surface area contributed by atoms with Crippen LogP contribution in [0.3, 0.4) is 0 Å². The number of carbonyl (C=O) groups excluding carboxylic acids is 3. The smallest absolute Gasteiger partial charge is 0.308 e. The summed E-state index contributed by atoms with van der Waals surface area (Å²) in [5.74, 6) is -0.0857. The van der Waals surface area contributed by atoms with E-state index < -0.39 is 18.0 Å². The molecule has 3 rings (SSSR count). The predicted octanol–water partition coefficient (Wildman–Crippen LogP) is 3.09. The van der Waals surface area contributed by atoms with Gasteiger partial charge >= 0.3 is 5.97 Å². The lowest BCUT2D eigenvalue weighted by atomic mass is 10.2. The van der Waals surface area contributed by atoms with Crippen LogP contribution in [0.5, 0.6) is 5.75 Å². The molecule has 1 N–H and O–H groups in total. The zero-order valence-electron chi connectivity index (χ0n) is 16.2. The molecule has 2 amide bonds. The number of nitrogens with zero attached hydrogens (tertiary/aromatic N) is 1. The normalized spacial score (nSPS) is 14.0. The van der Waals surface area contributed by atoms with Crippen molar-refractivity contribution in [3.63, 3.8) is 0 Å². The maximum absolute atomic E-state index is 12.3. The summed E-state index contributed by atoms with van der Waals surface area (Å²) in [6, 6.07) is 14.5. The van der Waals surface area contributed by atoms with Crippen LogP contribution in [-0.2, 0) is 19.1 Å². The molecule has 2 aromatic rings. The number of hydrogen-bond donors (Lipinski definition) is 1. The molecule has 0 unspecified atom stereocenters. The molecule has 0 aliphatic carbocycles. The first-order valence-corrected chi connectivity index (χ1v) is 10.1. The topological polar surface area (TPSA) is 84.9 Å². The molecule has 1 aliphatic heterocycles. The zero-order chi connectivity index (χ0) is 20.8. The summed E-state index contributed by atoms with van der Waals surface area (Å²) in [4.78, 5) is 39.3. The zero-order valence-corrected chi connectivity index (χ0v) is 17.0. The number of anilines is 2. The Kier molecular flexibility index (Phi) is 6.77. The summed E-state index contributed by atoms with van der Waals surface area (Å²) in [5, 5.41) is 2.68. The first kappa shape index (κ1) is 20.7. The number of amides is 2. The summed E-state index contributed by atoms with van der Waals surface area (Å²) in [7, 11) is 1.54. The lowest BCUT2D eigenvalue weighted by Crippen LogP contribution is -2.38. The van der Waals surface area contributed by atoms with Crippen molar-refractivity contribution in [1.82, 2.24) is 0 Å². The molecule has 0 fully saturated rings. The van der Waals surface area contributed by atoms with Gasteiger partial charge in [-0.1, -0.05) is 18.2 Å². The van der Waals surface area contributed by atoms with E-state index in [-0.39, 0.29) is 18.9 Å². The number of ether oxygens (including phenoxy) is 2. The monoisotopic (exact) mass is 414 g/mol. The molecule has 152 valence electrons. The van der Waals surface area contributed by atoms with Crippen LogP contribution in [0.4, 0.5) is 11.4 Å². The standard InChI is InChI=1S/C21H22N2O5S/c1-14(21(26)22-15-6-5-7-16(12-15)27-2)28-20(25)10-11-23-17-8-3-4-9-18(17)29-13-19(23)24/h3-9,12,14H,10-11,13H2,1-2H3,(H,22,26)/t14-/m0/s1. The number of para-hydroxylation sites is 1. The summed E-state index contributed by atoms with van der Waals surface area (Å²) < 4.78 is 10.3. The lowest BCUT2D eigenvalue weighted by Gasteiger charge is -2.28. The summed E-state index contributed by atoms with van der Waals surface area (Å²) >= 11 is 1.48. The largest absolute Gasteiger partial charge is 0.497 e. The summed E-state index contributed by atoms with van der Waals surface area (Å²) in [5.41, 5.74) is 1.34. The number of thioether (sulfide) groups is 1. The van der Waals surface area contributed by atoms with E-state index in [1.54, 1.807) is 29.2 Å². The van der Waals surface area contributed by atoms with Crippen molar-refractivity contribution in [1.29, 1.82) is 0 Å². The van der Waals surface area contributed by atoms with E-state index in [1.807, 2.05) is 24.3 Å². The fourth-order valence-electron chi connectivity index (χ4n) is 2.86. The highest BCUT2D eigenvalue weighted by molar-refractivity contribution is 8.00. The first-order chi connectivity index (χ1) is 14.0. The van der Waals surface area contributed by atoms with Gasteiger partial charge in [0.1, 0.15) is 5.75 Å². The number of rotatable bonds is 7. The second kappa shape index (κ2) is 9.47. The van der Waals surface area contributed by atoms with E-state index in [4.69, 9.17) is 9.47 Å². The molecule has 1 aliphatic rings. The fourth-order valence-corrected chi connectivity index (χ4v) is 3.79. The molecule has 1 heterocycles. The SMILES string of the molecule is COc1cccc(NC(=O)[C@H](C)OC(=O)CCN2C(=O)CSc3ccccc32)c1. The number of benzene rings is 2. The number of nitrogens with one attached hydrogen (secondary N) is 1. The average molecular weight is 414 g/mol. The van der Waals surface area contributed by atoms with Gasteiger partial charge in [0.05, 0.1) is 25.0 Å². The van der Waals surface area contributed by atoms with Gasteiger partial charge in [0.2, 0.25) is 5.91 Å². The Labute approximate surface area is 173 Å². The van der Waals surface area contributed by atoms with Crippen LogP contribution in [0, 0.1) is 0 Å². The minimum absolute atomic E-state index is 0.00151. The van der Waals surface area contributed by atoms with Gasteiger partial charge in [-0.2, -0.15) is 0 Å². The number of fused-ring (bicyclic) bond motifs is 1. The molecular weight excluding hydrogens is 392 g/mol.